The van der Waals surface area contributed by atoms with E-state index in [2.05, 4.69) is 24.6 Å². The van der Waals surface area contributed by atoms with Gasteiger partial charge in [0, 0.05) is 30.4 Å². The molecular weight excluding hydrogens is 378 g/mol. The second-order valence-corrected chi connectivity index (χ2v) is 9.17. The van der Waals surface area contributed by atoms with Crippen molar-refractivity contribution in [3.63, 3.8) is 0 Å². The average molecular weight is 400 g/mol. The lowest BCUT2D eigenvalue weighted by atomic mass is 9.45. The molecule has 2 aromatic heterocycles. The van der Waals surface area contributed by atoms with Gasteiger partial charge in [-0.05, 0) is 24.5 Å². The minimum Gasteiger partial charge on any atom is -0.381 e. The Kier molecular flexibility index (Phi) is 2.64. The highest BCUT2D eigenvalue weighted by Crippen LogP contribution is 2.63. The number of hydrogen-bond acceptors (Lipinski definition) is 6. The second kappa shape index (κ2) is 5.27. The molecule has 1 aromatic carbocycles. The van der Waals surface area contributed by atoms with E-state index in [0.717, 1.165) is 0 Å². The van der Waals surface area contributed by atoms with E-state index in [-0.39, 0.29) is 34.6 Å². The van der Waals surface area contributed by atoms with Crippen LogP contribution in [0.2, 0.25) is 0 Å². The molecule has 3 N–H and O–H groups in total. The standard InChI is InChI=1S/C18H17N7O2S.H2/c1-11-3-4-12(28(26,27)24-18-7-17(8-18,9-18)20-2)5-13(11)14-6-21-16-15(19)22-10-23-25(14)16;/h3-6,10,24H,7-9H2,1H3,(H2,19,22,23);1H/i1D3;. The Bertz CT molecular complexity index is 1370. The molecule has 2 heterocycles. The number of fused-ring (bicyclic) bond motifs is 1. The van der Waals surface area contributed by atoms with Crippen LogP contribution in [0.25, 0.3) is 21.7 Å². The van der Waals surface area contributed by atoms with Crippen molar-refractivity contribution in [3.8, 4) is 11.3 Å². The highest BCUT2D eigenvalue weighted by atomic mass is 32.2. The first-order chi connectivity index (χ1) is 14.5. The molecule has 9 nitrogen and oxygen atoms in total. The molecule has 0 saturated heterocycles. The van der Waals surface area contributed by atoms with Gasteiger partial charge >= 0.3 is 0 Å². The van der Waals surface area contributed by atoms with Crippen molar-refractivity contribution in [1.29, 1.82) is 0 Å². The lowest BCUT2D eigenvalue weighted by Gasteiger charge is -2.61. The van der Waals surface area contributed by atoms with Crippen LogP contribution in [0.4, 0.5) is 5.82 Å². The van der Waals surface area contributed by atoms with Crippen LogP contribution < -0.4 is 10.5 Å². The Morgan fingerprint density at radius 1 is 1.39 bits per heavy atom. The number of nitrogens with two attached hydrogens (primary N) is 1. The molecule has 0 amide bonds. The number of sulfonamides is 1. The van der Waals surface area contributed by atoms with Gasteiger partial charge in [0.15, 0.2) is 11.5 Å². The van der Waals surface area contributed by atoms with E-state index < -0.39 is 28.0 Å². The summed E-state index contributed by atoms with van der Waals surface area (Å²) in [5, 5.41) is 4.08. The summed E-state index contributed by atoms with van der Waals surface area (Å²) in [6.07, 6.45) is 4.07. The molecule has 3 aliphatic rings. The van der Waals surface area contributed by atoms with Crippen molar-refractivity contribution >= 4 is 21.5 Å². The Hall–Kier alpha value is -3.03. The van der Waals surface area contributed by atoms with Gasteiger partial charge in [0.1, 0.15) is 6.33 Å². The molecule has 0 unspecified atom stereocenters. The summed E-state index contributed by atoms with van der Waals surface area (Å²) in [7, 11) is -3.94. The van der Waals surface area contributed by atoms with Crippen LogP contribution in [-0.4, -0.2) is 39.1 Å². The van der Waals surface area contributed by atoms with Crippen LogP contribution in [0.5, 0.6) is 0 Å². The number of aromatic nitrogens is 4. The number of nitrogens with one attached hydrogen (secondary N) is 1. The summed E-state index contributed by atoms with van der Waals surface area (Å²) >= 11 is 0. The fourth-order valence-electron chi connectivity index (χ4n) is 4.23. The molecule has 28 heavy (non-hydrogen) atoms. The van der Waals surface area contributed by atoms with E-state index in [4.69, 9.17) is 16.4 Å². The van der Waals surface area contributed by atoms with Gasteiger partial charge in [-0.3, -0.25) is 0 Å². The highest BCUT2D eigenvalue weighted by molar-refractivity contribution is 7.89. The molecule has 3 saturated carbocycles. The van der Waals surface area contributed by atoms with Crippen LogP contribution in [0.15, 0.2) is 35.6 Å². The molecule has 3 aromatic rings. The lowest BCUT2D eigenvalue weighted by Crippen LogP contribution is -2.77. The van der Waals surface area contributed by atoms with Gasteiger partial charge in [0.2, 0.25) is 15.6 Å². The fraction of sp³-hybridized carbons (Fsp3) is 0.333. The number of imidazole rings is 1. The van der Waals surface area contributed by atoms with Gasteiger partial charge in [0.05, 0.1) is 22.3 Å². The van der Waals surface area contributed by atoms with E-state index in [1.807, 2.05) is 0 Å². The van der Waals surface area contributed by atoms with E-state index in [1.165, 1.54) is 35.2 Å². The number of benzene rings is 1. The van der Waals surface area contributed by atoms with Crippen LogP contribution in [-0.2, 0) is 10.0 Å². The van der Waals surface area contributed by atoms with Crippen LogP contribution >= 0.6 is 0 Å². The number of hydrogen-bond donors (Lipinski definition) is 2. The molecule has 3 fully saturated rings. The quantitative estimate of drug-likeness (QED) is 0.645. The maximum absolute atomic E-state index is 13.1. The third kappa shape index (κ3) is 2.26. The lowest BCUT2D eigenvalue weighted by molar-refractivity contribution is -0.0328. The van der Waals surface area contributed by atoms with E-state index in [9.17, 15) is 8.42 Å². The highest BCUT2D eigenvalue weighted by Gasteiger charge is 2.75. The number of anilines is 1. The SMILES string of the molecule is [2H]C([2H])([2H])c1ccc(S(=O)(=O)NC23CC([N+]#[C-])(C2)C3)cc1-c1cnc2c(N)ncnn12.[HH]. The summed E-state index contributed by atoms with van der Waals surface area (Å²) in [4.78, 5) is 11.5. The number of aryl methyl sites for hydroxylation is 1. The van der Waals surface area contributed by atoms with Crippen LogP contribution in [0.1, 0.15) is 30.4 Å². The first-order valence-corrected chi connectivity index (χ1v) is 9.98. The van der Waals surface area contributed by atoms with Crippen molar-refractivity contribution < 1.29 is 14.0 Å². The normalized spacial score (nSPS) is 27.8. The van der Waals surface area contributed by atoms with E-state index >= 15 is 0 Å². The Labute approximate surface area is 167 Å². The Morgan fingerprint density at radius 2 is 2.18 bits per heavy atom. The maximum Gasteiger partial charge on any atom is 0.241 e. The van der Waals surface area contributed by atoms with Gasteiger partial charge in [0.25, 0.3) is 0 Å². The number of rotatable bonds is 4. The van der Waals surface area contributed by atoms with Crippen LogP contribution in [0.3, 0.4) is 0 Å². The topological polar surface area (TPSA) is 120 Å². The molecule has 6 rings (SSSR count). The molecule has 0 radical (unpaired) electrons. The molecular formula is C18H19N7O2S. The molecule has 144 valence electrons. The minimum atomic E-state index is -3.94. The minimum absolute atomic E-state index is 0. The van der Waals surface area contributed by atoms with Crippen molar-refractivity contribution in [1.82, 2.24) is 24.3 Å². The maximum atomic E-state index is 13.1. The largest absolute Gasteiger partial charge is 0.381 e. The van der Waals surface area contributed by atoms with Gasteiger partial charge < -0.3 is 10.6 Å². The third-order valence-corrected chi connectivity index (χ3v) is 7.07. The van der Waals surface area contributed by atoms with E-state index in [0.29, 0.717) is 19.3 Å². The molecule has 0 atom stereocenters. The van der Waals surface area contributed by atoms with Crippen molar-refractivity contribution in [3.05, 3.63) is 47.7 Å². The summed E-state index contributed by atoms with van der Waals surface area (Å²) in [6, 6.07) is 3.86. The molecule has 3 aliphatic carbocycles. The summed E-state index contributed by atoms with van der Waals surface area (Å²) in [5.74, 6) is 0.111. The predicted octanol–water partition coefficient (Wildman–Crippen LogP) is 1.80. The van der Waals surface area contributed by atoms with Gasteiger partial charge in [-0.1, -0.05) is 6.07 Å². The predicted molar refractivity (Wildman–Crippen MR) is 104 cm³/mol. The van der Waals surface area contributed by atoms with Crippen molar-refractivity contribution in [2.45, 2.75) is 42.1 Å². The number of nitrogens with zero attached hydrogens (tertiary/aromatic N) is 5. The fourth-order valence-corrected chi connectivity index (χ4v) is 5.65. The monoisotopic (exact) mass is 400 g/mol. The van der Waals surface area contributed by atoms with Gasteiger partial charge in [-0.2, -0.15) is 5.10 Å². The number of nitrogen functional groups attached to an aromatic ring is 1. The van der Waals surface area contributed by atoms with E-state index in [1.54, 1.807) is 0 Å². The zero-order chi connectivity index (χ0) is 22.2. The molecule has 2 bridgehead atoms. The van der Waals surface area contributed by atoms with Gasteiger partial charge in [-0.15, -0.1) is 0 Å². The summed E-state index contributed by atoms with van der Waals surface area (Å²) < 4.78 is 53.8. The average Bonchev–Trinajstić information content (AvgIpc) is 3.07. The molecule has 0 spiro atoms. The second-order valence-electron chi connectivity index (χ2n) is 7.48. The molecule has 10 heteroatoms. The Balaban J connectivity index is 0.00000245. The van der Waals surface area contributed by atoms with Crippen molar-refractivity contribution in [2.75, 3.05) is 5.73 Å². The first-order valence-electron chi connectivity index (χ1n) is 9.99. The third-order valence-electron chi connectivity index (χ3n) is 5.50. The van der Waals surface area contributed by atoms with Crippen molar-refractivity contribution in [2.24, 2.45) is 0 Å². The Morgan fingerprint density at radius 3 is 2.89 bits per heavy atom. The summed E-state index contributed by atoms with van der Waals surface area (Å²) in [5.41, 5.74) is 5.44. The first kappa shape index (κ1) is 14.0. The zero-order valence-corrected chi connectivity index (χ0v) is 15.4. The smallest absolute Gasteiger partial charge is 0.241 e. The summed E-state index contributed by atoms with van der Waals surface area (Å²) in [6.45, 7) is 4.72. The van der Waals surface area contributed by atoms with Gasteiger partial charge in [-0.25, -0.2) is 34.2 Å². The van der Waals surface area contributed by atoms with Crippen LogP contribution in [0, 0.1) is 13.4 Å². The molecule has 0 aliphatic heterocycles. The zero-order valence-electron chi connectivity index (χ0n) is 17.5.